The van der Waals surface area contributed by atoms with Crippen LogP contribution in [0.25, 0.3) is 0 Å². The third-order valence-electron chi connectivity index (χ3n) is 0.271. The van der Waals surface area contributed by atoms with Crippen molar-refractivity contribution < 1.29 is 4.79 Å². The molecule has 0 aromatic heterocycles. The number of hydrogen-bond acceptors (Lipinski definition) is 1. The van der Waals surface area contributed by atoms with Gasteiger partial charge in [-0.3, -0.25) is 4.79 Å². The summed E-state index contributed by atoms with van der Waals surface area (Å²) in [5.41, 5.74) is 0. The third-order valence-corrected chi connectivity index (χ3v) is 0.271. The molecule has 0 aliphatic heterocycles. The SMILES string of the molecule is C/C=C/C=O.CC. The number of allylic oxidation sites excluding steroid dienone is 2. The second kappa shape index (κ2) is 18.1. The lowest BCUT2D eigenvalue weighted by Gasteiger charge is -1.51. The Morgan fingerprint density at radius 1 is 1.29 bits per heavy atom. The van der Waals surface area contributed by atoms with Crippen LogP contribution < -0.4 is 0 Å². The smallest absolute Gasteiger partial charge is 0.142 e. The molecule has 0 heterocycles. The summed E-state index contributed by atoms with van der Waals surface area (Å²) in [6.07, 6.45) is 3.88. The zero-order valence-corrected chi connectivity index (χ0v) is 5.14. The number of carbonyl (C=O) groups excluding carboxylic acids is 1. The van der Waals surface area contributed by atoms with Gasteiger partial charge < -0.3 is 0 Å². The van der Waals surface area contributed by atoms with E-state index in [1.165, 1.54) is 6.08 Å². The highest BCUT2D eigenvalue weighted by atomic mass is 16.1. The maximum absolute atomic E-state index is 9.32. The highest BCUT2D eigenvalue weighted by molar-refractivity contribution is 5.64. The first-order chi connectivity index (χ1) is 3.41. The minimum Gasteiger partial charge on any atom is -0.299 e. The highest BCUT2D eigenvalue weighted by Crippen LogP contribution is 1.55. The van der Waals surface area contributed by atoms with Crippen molar-refractivity contribution in [3.05, 3.63) is 12.2 Å². The molecule has 0 atom stereocenters. The summed E-state index contributed by atoms with van der Waals surface area (Å²) in [5.74, 6) is 0. The second-order valence-corrected chi connectivity index (χ2v) is 0.662. The van der Waals surface area contributed by atoms with Gasteiger partial charge in [-0.1, -0.05) is 19.9 Å². The van der Waals surface area contributed by atoms with E-state index in [1.807, 2.05) is 13.8 Å². The maximum atomic E-state index is 9.32. The van der Waals surface area contributed by atoms with Gasteiger partial charge >= 0.3 is 0 Å². The van der Waals surface area contributed by atoms with Crippen LogP contribution in [0.5, 0.6) is 0 Å². The van der Waals surface area contributed by atoms with Gasteiger partial charge in [0, 0.05) is 0 Å². The molecule has 0 aliphatic carbocycles. The fourth-order valence-corrected chi connectivity index (χ4v) is 0.0786. The molecule has 7 heavy (non-hydrogen) atoms. The summed E-state index contributed by atoms with van der Waals surface area (Å²) in [6, 6.07) is 0. The molecule has 0 saturated heterocycles. The van der Waals surface area contributed by atoms with Gasteiger partial charge in [0.25, 0.3) is 0 Å². The van der Waals surface area contributed by atoms with Gasteiger partial charge in [0.15, 0.2) is 0 Å². The van der Waals surface area contributed by atoms with E-state index in [4.69, 9.17) is 0 Å². The second-order valence-electron chi connectivity index (χ2n) is 0.662. The fourth-order valence-electron chi connectivity index (χ4n) is 0.0786. The molecular formula is C6H12O. The molecule has 0 unspecified atom stereocenters. The number of aldehydes is 1. The van der Waals surface area contributed by atoms with E-state index in [0.29, 0.717) is 0 Å². The third kappa shape index (κ3) is 31.6. The van der Waals surface area contributed by atoms with Gasteiger partial charge in [-0.2, -0.15) is 0 Å². The Kier molecular flexibility index (Phi) is 25.0. The molecule has 1 nitrogen and oxygen atoms in total. The molecule has 0 saturated carbocycles. The summed E-state index contributed by atoms with van der Waals surface area (Å²) >= 11 is 0. The van der Waals surface area contributed by atoms with Gasteiger partial charge in [-0.05, 0) is 13.0 Å². The minimum absolute atomic E-state index is 0.750. The molecular weight excluding hydrogens is 88.1 g/mol. The predicted molar refractivity (Wildman–Crippen MR) is 32.2 cm³/mol. The molecule has 0 aliphatic rings. The molecule has 0 fully saturated rings. The zero-order valence-electron chi connectivity index (χ0n) is 5.14. The molecule has 42 valence electrons. The maximum Gasteiger partial charge on any atom is 0.142 e. The molecule has 0 rings (SSSR count). The molecule has 1 heteroatoms. The van der Waals surface area contributed by atoms with Crippen molar-refractivity contribution in [1.82, 2.24) is 0 Å². The quantitative estimate of drug-likeness (QED) is 0.362. The highest BCUT2D eigenvalue weighted by Gasteiger charge is 1.48. The zero-order chi connectivity index (χ0) is 6.12. The lowest BCUT2D eigenvalue weighted by Crippen LogP contribution is -1.50. The summed E-state index contributed by atoms with van der Waals surface area (Å²) in [5, 5.41) is 0. The number of carbonyl (C=O) groups is 1. The van der Waals surface area contributed by atoms with Crippen molar-refractivity contribution in [2.45, 2.75) is 20.8 Å². The van der Waals surface area contributed by atoms with Crippen molar-refractivity contribution in [2.75, 3.05) is 0 Å². The van der Waals surface area contributed by atoms with Crippen molar-refractivity contribution in [3.8, 4) is 0 Å². The number of hydrogen-bond donors (Lipinski definition) is 0. The molecule has 0 spiro atoms. The van der Waals surface area contributed by atoms with Crippen LogP contribution in [0.2, 0.25) is 0 Å². The monoisotopic (exact) mass is 100 g/mol. The van der Waals surface area contributed by atoms with E-state index < -0.39 is 0 Å². The first-order valence-electron chi connectivity index (χ1n) is 2.48. The van der Waals surface area contributed by atoms with E-state index in [-0.39, 0.29) is 0 Å². The van der Waals surface area contributed by atoms with Crippen LogP contribution in [0.4, 0.5) is 0 Å². The van der Waals surface area contributed by atoms with Crippen molar-refractivity contribution in [1.29, 1.82) is 0 Å². The topological polar surface area (TPSA) is 17.1 Å². The van der Waals surface area contributed by atoms with Crippen LogP contribution in [-0.2, 0) is 4.79 Å². The Morgan fingerprint density at radius 3 is 1.71 bits per heavy atom. The van der Waals surface area contributed by atoms with Gasteiger partial charge in [0.1, 0.15) is 6.29 Å². The van der Waals surface area contributed by atoms with Crippen molar-refractivity contribution in [2.24, 2.45) is 0 Å². The lowest BCUT2D eigenvalue weighted by molar-refractivity contribution is -0.104. The standard InChI is InChI=1S/C4H6O.C2H6/c1-2-3-4-5;1-2/h2-4H,1H3;1-2H3/b3-2+;. The Labute approximate surface area is 45.0 Å². The van der Waals surface area contributed by atoms with E-state index in [9.17, 15) is 4.79 Å². The average Bonchev–Trinajstić information content (AvgIpc) is 1.75. The Bertz CT molecular complexity index is 46.1. The molecule has 0 amide bonds. The van der Waals surface area contributed by atoms with Crippen LogP contribution in [0.15, 0.2) is 12.2 Å². The fraction of sp³-hybridized carbons (Fsp3) is 0.500. The van der Waals surface area contributed by atoms with Crippen LogP contribution in [0.1, 0.15) is 20.8 Å². The summed E-state index contributed by atoms with van der Waals surface area (Å²) in [6.45, 7) is 5.80. The van der Waals surface area contributed by atoms with Crippen LogP contribution in [0.3, 0.4) is 0 Å². The summed E-state index contributed by atoms with van der Waals surface area (Å²) in [7, 11) is 0. The van der Waals surface area contributed by atoms with E-state index in [0.717, 1.165) is 6.29 Å². The van der Waals surface area contributed by atoms with Crippen LogP contribution in [0, 0.1) is 0 Å². The Hall–Kier alpha value is -0.590. The largest absolute Gasteiger partial charge is 0.299 e. The number of rotatable bonds is 1. The van der Waals surface area contributed by atoms with E-state index in [1.54, 1.807) is 13.0 Å². The normalized spacial score (nSPS) is 7.29. The van der Waals surface area contributed by atoms with Gasteiger partial charge in [0.2, 0.25) is 0 Å². The molecule has 0 radical (unpaired) electrons. The van der Waals surface area contributed by atoms with Crippen molar-refractivity contribution in [3.63, 3.8) is 0 Å². The van der Waals surface area contributed by atoms with Crippen LogP contribution >= 0.6 is 0 Å². The molecule has 0 aromatic carbocycles. The van der Waals surface area contributed by atoms with Gasteiger partial charge in [0.05, 0.1) is 0 Å². The predicted octanol–water partition coefficient (Wildman–Crippen LogP) is 1.79. The molecule has 0 bridgehead atoms. The average molecular weight is 100 g/mol. The minimum atomic E-state index is 0.750. The van der Waals surface area contributed by atoms with E-state index in [2.05, 4.69) is 0 Å². The van der Waals surface area contributed by atoms with Gasteiger partial charge in [-0.25, -0.2) is 0 Å². The Balaban J connectivity index is 0. The summed E-state index contributed by atoms with van der Waals surface area (Å²) in [4.78, 5) is 9.32. The Morgan fingerprint density at radius 2 is 1.71 bits per heavy atom. The van der Waals surface area contributed by atoms with E-state index >= 15 is 0 Å². The van der Waals surface area contributed by atoms with Crippen molar-refractivity contribution >= 4 is 6.29 Å². The van der Waals surface area contributed by atoms with Gasteiger partial charge in [-0.15, -0.1) is 0 Å². The first kappa shape index (κ1) is 9.65. The summed E-state index contributed by atoms with van der Waals surface area (Å²) < 4.78 is 0. The molecule has 0 aromatic rings. The van der Waals surface area contributed by atoms with Crippen LogP contribution in [-0.4, -0.2) is 6.29 Å². The lowest BCUT2D eigenvalue weighted by atomic mass is 10.6. The first-order valence-corrected chi connectivity index (χ1v) is 2.48. The molecule has 0 N–H and O–H groups in total.